The Morgan fingerprint density at radius 1 is 1.33 bits per heavy atom. The molecule has 0 saturated carbocycles. The number of aryl methyl sites for hydroxylation is 2. The summed E-state index contributed by atoms with van der Waals surface area (Å²) in [5, 5.41) is 6.06. The molecule has 0 atom stereocenters. The topological polar surface area (TPSA) is 108 Å². The third kappa shape index (κ3) is 5.55. The van der Waals surface area contributed by atoms with Crippen LogP contribution in [-0.2, 0) is 21.9 Å². The zero-order valence-electron chi connectivity index (χ0n) is 14.2. The van der Waals surface area contributed by atoms with Crippen LogP contribution in [0.3, 0.4) is 0 Å². The Bertz CT molecular complexity index is 632. The van der Waals surface area contributed by atoms with Crippen molar-refractivity contribution in [3.63, 3.8) is 0 Å². The minimum atomic E-state index is -3.67. The predicted molar refractivity (Wildman–Crippen MR) is 90.1 cm³/mol. The molecule has 136 valence electrons. The fraction of sp³-hybridized carbons (Fsp3) is 0.714. The van der Waals surface area contributed by atoms with Crippen molar-refractivity contribution in [2.75, 3.05) is 45.8 Å². The lowest BCUT2D eigenvalue weighted by atomic mass is 10.3. The molecular weight excluding hydrogens is 332 g/mol. The first-order valence-electron chi connectivity index (χ1n) is 8.08. The number of sulfonamides is 1. The minimum Gasteiger partial charge on any atom is -0.355 e. The van der Waals surface area contributed by atoms with E-state index in [0.717, 1.165) is 32.7 Å². The van der Waals surface area contributed by atoms with Crippen LogP contribution in [0.4, 0.5) is 0 Å². The van der Waals surface area contributed by atoms with Crippen molar-refractivity contribution in [3.8, 4) is 0 Å². The van der Waals surface area contributed by atoms with E-state index in [-0.39, 0.29) is 23.9 Å². The quantitative estimate of drug-likeness (QED) is 0.518. The van der Waals surface area contributed by atoms with Gasteiger partial charge in [-0.05, 0) is 6.92 Å². The van der Waals surface area contributed by atoms with Crippen molar-refractivity contribution in [2.24, 2.45) is 7.05 Å². The molecule has 2 heterocycles. The van der Waals surface area contributed by atoms with Crippen molar-refractivity contribution < 1.29 is 13.2 Å². The van der Waals surface area contributed by atoms with E-state index < -0.39 is 10.0 Å². The van der Waals surface area contributed by atoms with Crippen LogP contribution in [0.25, 0.3) is 0 Å². The summed E-state index contributed by atoms with van der Waals surface area (Å²) >= 11 is 0. The molecule has 0 unspecified atom stereocenters. The van der Waals surface area contributed by atoms with Gasteiger partial charge in [-0.3, -0.25) is 9.69 Å². The Balaban J connectivity index is 1.66. The van der Waals surface area contributed by atoms with Crippen molar-refractivity contribution in [1.29, 1.82) is 0 Å². The molecule has 10 heteroatoms. The number of aromatic nitrogens is 2. The lowest BCUT2D eigenvalue weighted by Crippen LogP contribution is -2.46. The van der Waals surface area contributed by atoms with Gasteiger partial charge in [0.15, 0.2) is 5.03 Å². The maximum Gasteiger partial charge on any atom is 0.259 e. The molecule has 0 radical (unpaired) electrons. The van der Waals surface area contributed by atoms with Crippen LogP contribution in [0.2, 0.25) is 0 Å². The summed E-state index contributed by atoms with van der Waals surface area (Å²) in [5.41, 5.74) is 0. The van der Waals surface area contributed by atoms with E-state index >= 15 is 0 Å². The largest absolute Gasteiger partial charge is 0.355 e. The zero-order chi connectivity index (χ0) is 17.6. The normalized spacial score (nSPS) is 16.2. The highest BCUT2D eigenvalue weighted by Crippen LogP contribution is 2.07. The van der Waals surface area contributed by atoms with Gasteiger partial charge in [0.25, 0.3) is 10.0 Å². The summed E-state index contributed by atoms with van der Waals surface area (Å²) in [6.07, 6.45) is 1.55. The van der Waals surface area contributed by atoms with E-state index in [0.29, 0.717) is 12.4 Å². The Hall–Kier alpha value is -1.49. The molecule has 0 aromatic carbocycles. The van der Waals surface area contributed by atoms with E-state index in [1.807, 2.05) is 0 Å². The van der Waals surface area contributed by atoms with Crippen LogP contribution in [0, 0.1) is 6.92 Å². The van der Waals surface area contributed by atoms with Gasteiger partial charge < -0.3 is 15.2 Å². The first kappa shape index (κ1) is 18.8. The molecule has 1 amide bonds. The van der Waals surface area contributed by atoms with Gasteiger partial charge in [0, 0.05) is 65.5 Å². The molecule has 0 bridgehead atoms. The Morgan fingerprint density at radius 3 is 2.67 bits per heavy atom. The number of imidazole rings is 1. The number of piperazine rings is 1. The molecule has 1 aliphatic rings. The van der Waals surface area contributed by atoms with Crippen LogP contribution >= 0.6 is 0 Å². The van der Waals surface area contributed by atoms with Gasteiger partial charge in [-0.25, -0.2) is 18.1 Å². The molecule has 24 heavy (non-hydrogen) atoms. The highest BCUT2D eigenvalue weighted by molar-refractivity contribution is 7.89. The van der Waals surface area contributed by atoms with E-state index in [2.05, 4.69) is 25.2 Å². The first-order valence-corrected chi connectivity index (χ1v) is 9.56. The predicted octanol–water partition coefficient (Wildman–Crippen LogP) is -1.58. The van der Waals surface area contributed by atoms with Gasteiger partial charge in [-0.15, -0.1) is 0 Å². The molecule has 1 aromatic heterocycles. The number of nitrogens with zero attached hydrogens (tertiary/aromatic N) is 3. The monoisotopic (exact) mass is 358 g/mol. The van der Waals surface area contributed by atoms with Crippen molar-refractivity contribution in [1.82, 2.24) is 29.8 Å². The highest BCUT2D eigenvalue weighted by atomic mass is 32.2. The molecule has 1 saturated heterocycles. The van der Waals surface area contributed by atoms with E-state index in [1.54, 1.807) is 18.5 Å². The number of hydrogen-bond donors (Lipinski definition) is 3. The van der Waals surface area contributed by atoms with Gasteiger partial charge in [-0.2, -0.15) is 0 Å². The fourth-order valence-corrected chi connectivity index (χ4v) is 3.47. The summed E-state index contributed by atoms with van der Waals surface area (Å²) in [6, 6.07) is 0. The number of carbonyl (C=O) groups is 1. The molecule has 9 nitrogen and oxygen atoms in total. The fourth-order valence-electron chi connectivity index (χ4n) is 2.41. The molecule has 0 spiro atoms. The number of nitrogens with one attached hydrogen (secondary N) is 3. The Labute approximate surface area is 142 Å². The van der Waals surface area contributed by atoms with Crippen molar-refractivity contribution >= 4 is 15.9 Å². The van der Waals surface area contributed by atoms with Gasteiger partial charge in [0.1, 0.15) is 5.82 Å². The highest BCUT2D eigenvalue weighted by Gasteiger charge is 2.18. The maximum absolute atomic E-state index is 12.1. The lowest BCUT2D eigenvalue weighted by molar-refractivity contribution is -0.120. The second-order valence-electron chi connectivity index (χ2n) is 5.83. The van der Waals surface area contributed by atoms with Crippen LogP contribution in [-0.4, -0.2) is 74.6 Å². The summed E-state index contributed by atoms with van der Waals surface area (Å²) in [5.74, 6) is 0.450. The van der Waals surface area contributed by atoms with Crippen LogP contribution in [0.15, 0.2) is 11.2 Å². The lowest BCUT2D eigenvalue weighted by Gasteiger charge is -2.27. The molecule has 1 fully saturated rings. The Morgan fingerprint density at radius 2 is 2.04 bits per heavy atom. The van der Waals surface area contributed by atoms with Crippen molar-refractivity contribution in [3.05, 3.63) is 12.0 Å². The third-order valence-corrected chi connectivity index (χ3v) is 5.30. The minimum absolute atomic E-state index is 0.0263. The van der Waals surface area contributed by atoms with Crippen LogP contribution in [0.5, 0.6) is 0 Å². The SMILES string of the molecule is Cc1nc(S(=O)(=O)NCCC(=O)NCCN2CCNCC2)cn1C. The Kier molecular flexibility index (Phi) is 6.72. The average molecular weight is 358 g/mol. The molecule has 2 rings (SSSR count). The molecule has 1 aromatic rings. The number of rotatable bonds is 8. The second-order valence-corrected chi connectivity index (χ2v) is 7.54. The average Bonchev–Trinajstić information content (AvgIpc) is 2.88. The number of amides is 1. The third-order valence-electron chi connectivity index (χ3n) is 3.97. The first-order chi connectivity index (χ1) is 11.4. The van der Waals surface area contributed by atoms with Crippen LogP contribution < -0.4 is 15.4 Å². The molecule has 0 aliphatic carbocycles. The van der Waals surface area contributed by atoms with Crippen LogP contribution in [0.1, 0.15) is 12.2 Å². The second kappa shape index (κ2) is 8.56. The molecule has 1 aliphatic heterocycles. The summed E-state index contributed by atoms with van der Waals surface area (Å²) in [4.78, 5) is 18.0. The summed E-state index contributed by atoms with van der Waals surface area (Å²) < 4.78 is 28.2. The van der Waals surface area contributed by atoms with Crippen molar-refractivity contribution in [2.45, 2.75) is 18.4 Å². The number of carbonyl (C=O) groups excluding carboxylic acids is 1. The standard InChI is InChI=1S/C14H26N6O3S/c1-12-18-14(11-19(12)2)24(22,23)17-4-3-13(21)16-7-10-20-8-5-15-6-9-20/h11,15,17H,3-10H2,1-2H3,(H,16,21). The van der Waals surface area contributed by atoms with E-state index in [1.165, 1.54) is 6.20 Å². The smallest absolute Gasteiger partial charge is 0.259 e. The number of hydrogen-bond acceptors (Lipinski definition) is 6. The van der Waals surface area contributed by atoms with Gasteiger partial charge in [0.2, 0.25) is 5.91 Å². The summed E-state index contributed by atoms with van der Waals surface area (Å²) in [6.45, 7) is 7.09. The van der Waals surface area contributed by atoms with Gasteiger partial charge in [-0.1, -0.05) is 0 Å². The molecule has 3 N–H and O–H groups in total. The van der Waals surface area contributed by atoms with Gasteiger partial charge >= 0.3 is 0 Å². The molecular formula is C14H26N6O3S. The zero-order valence-corrected chi connectivity index (χ0v) is 15.0. The van der Waals surface area contributed by atoms with E-state index in [4.69, 9.17) is 0 Å². The van der Waals surface area contributed by atoms with E-state index in [9.17, 15) is 13.2 Å². The maximum atomic E-state index is 12.1. The summed E-state index contributed by atoms with van der Waals surface area (Å²) in [7, 11) is -1.94. The van der Waals surface area contributed by atoms with Gasteiger partial charge in [0.05, 0.1) is 0 Å².